The third kappa shape index (κ3) is 5.53. The standard InChI is InChI=1S/C16H28N2O3/c1-12-7-14(20-5)15(21-6)8-13(12)9-17-10-16(2,19)11-18(3)4/h7-8,17,19H,9-11H2,1-6H3. The van der Waals surface area contributed by atoms with Gasteiger partial charge < -0.3 is 24.8 Å². The maximum Gasteiger partial charge on any atom is 0.161 e. The van der Waals surface area contributed by atoms with Crippen molar-refractivity contribution in [3.05, 3.63) is 23.3 Å². The van der Waals surface area contributed by atoms with Crippen LogP contribution in [0.25, 0.3) is 0 Å². The summed E-state index contributed by atoms with van der Waals surface area (Å²) in [6.07, 6.45) is 0. The molecule has 5 heteroatoms. The lowest BCUT2D eigenvalue weighted by Gasteiger charge is -2.27. The van der Waals surface area contributed by atoms with Crippen molar-refractivity contribution in [2.45, 2.75) is 26.0 Å². The van der Waals surface area contributed by atoms with E-state index in [0.717, 1.165) is 22.6 Å². The first kappa shape index (κ1) is 17.8. The fourth-order valence-electron chi connectivity index (χ4n) is 2.42. The van der Waals surface area contributed by atoms with Gasteiger partial charge in [-0.25, -0.2) is 0 Å². The summed E-state index contributed by atoms with van der Waals surface area (Å²) in [5.41, 5.74) is 1.51. The molecule has 0 spiro atoms. The summed E-state index contributed by atoms with van der Waals surface area (Å²) in [6, 6.07) is 3.94. The lowest BCUT2D eigenvalue weighted by molar-refractivity contribution is 0.0336. The van der Waals surface area contributed by atoms with Gasteiger partial charge in [-0.1, -0.05) is 0 Å². The van der Waals surface area contributed by atoms with Crippen molar-refractivity contribution < 1.29 is 14.6 Å². The van der Waals surface area contributed by atoms with E-state index in [1.165, 1.54) is 0 Å². The molecule has 1 unspecified atom stereocenters. The van der Waals surface area contributed by atoms with Crippen molar-refractivity contribution >= 4 is 0 Å². The van der Waals surface area contributed by atoms with Gasteiger partial charge in [0.15, 0.2) is 11.5 Å². The fourth-order valence-corrected chi connectivity index (χ4v) is 2.42. The molecular weight excluding hydrogens is 268 g/mol. The molecule has 120 valence electrons. The summed E-state index contributed by atoms with van der Waals surface area (Å²) >= 11 is 0. The normalized spacial score (nSPS) is 14.1. The molecule has 0 fully saturated rings. The second-order valence-electron chi connectivity index (χ2n) is 5.97. The van der Waals surface area contributed by atoms with Gasteiger partial charge in [-0.2, -0.15) is 0 Å². The van der Waals surface area contributed by atoms with Gasteiger partial charge in [-0.15, -0.1) is 0 Å². The summed E-state index contributed by atoms with van der Waals surface area (Å²) in [4.78, 5) is 1.98. The van der Waals surface area contributed by atoms with Crippen LogP contribution in [0.1, 0.15) is 18.1 Å². The number of benzene rings is 1. The van der Waals surface area contributed by atoms with Crippen LogP contribution in [-0.2, 0) is 6.54 Å². The molecular formula is C16H28N2O3. The zero-order chi connectivity index (χ0) is 16.0. The first-order valence-corrected chi connectivity index (χ1v) is 7.08. The second-order valence-corrected chi connectivity index (χ2v) is 5.97. The van der Waals surface area contributed by atoms with Gasteiger partial charge in [0, 0.05) is 19.6 Å². The highest BCUT2D eigenvalue weighted by Crippen LogP contribution is 2.30. The Morgan fingerprint density at radius 1 is 1.19 bits per heavy atom. The van der Waals surface area contributed by atoms with E-state index in [0.29, 0.717) is 19.6 Å². The van der Waals surface area contributed by atoms with Gasteiger partial charge in [0.1, 0.15) is 0 Å². The average molecular weight is 296 g/mol. The Hall–Kier alpha value is -1.30. The van der Waals surface area contributed by atoms with Crippen LogP contribution >= 0.6 is 0 Å². The minimum absolute atomic E-state index is 0.527. The van der Waals surface area contributed by atoms with Crippen molar-refractivity contribution in [3.63, 3.8) is 0 Å². The molecule has 0 aliphatic heterocycles. The van der Waals surface area contributed by atoms with Crippen LogP contribution in [0.4, 0.5) is 0 Å². The minimum Gasteiger partial charge on any atom is -0.493 e. The molecule has 0 saturated heterocycles. The molecule has 21 heavy (non-hydrogen) atoms. The maximum atomic E-state index is 10.3. The summed E-state index contributed by atoms with van der Waals surface area (Å²) in [5.74, 6) is 1.46. The predicted octanol–water partition coefficient (Wildman–Crippen LogP) is 1.41. The van der Waals surface area contributed by atoms with Gasteiger partial charge in [-0.3, -0.25) is 0 Å². The summed E-state index contributed by atoms with van der Waals surface area (Å²) in [7, 11) is 7.17. The van der Waals surface area contributed by atoms with Crippen molar-refractivity contribution in [3.8, 4) is 11.5 Å². The molecule has 0 saturated carbocycles. The quantitative estimate of drug-likeness (QED) is 0.760. The Kier molecular flexibility index (Phi) is 6.45. The Bertz CT molecular complexity index is 459. The highest BCUT2D eigenvalue weighted by Gasteiger charge is 2.20. The molecule has 0 bridgehead atoms. The van der Waals surface area contributed by atoms with Crippen LogP contribution in [0.5, 0.6) is 11.5 Å². The highest BCUT2D eigenvalue weighted by atomic mass is 16.5. The van der Waals surface area contributed by atoms with Gasteiger partial charge in [-0.05, 0) is 51.2 Å². The van der Waals surface area contributed by atoms with Gasteiger partial charge in [0.05, 0.1) is 19.8 Å². The average Bonchev–Trinajstić information content (AvgIpc) is 2.38. The first-order chi connectivity index (χ1) is 9.79. The number of hydrogen-bond donors (Lipinski definition) is 2. The number of likely N-dealkylation sites (N-methyl/N-ethyl adjacent to an activating group) is 1. The fraction of sp³-hybridized carbons (Fsp3) is 0.625. The number of aryl methyl sites for hydroxylation is 1. The van der Waals surface area contributed by atoms with E-state index in [-0.39, 0.29) is 0 Å². The van der Waals surface area contributed by atoms with Gasteiger partial charge >= 0.3 is 0 Å². The highest BCUT2D eigenvalue weighted by molar-refractivity contribution is 5.46. The second kappa shape index (κ2) is 7.64. The molecule has 1 rings (SSSR count). The molecule has 2 N–H and O–H groups in total. The smallest absolute Gasteiger partial charge is 0.161 e. The molecule has 1 atom stereocenters. The molecule has 0 radical (unpaired) electrons. The van der Waals surface area contributed by atoms with Crippen LogP contribution < -0.4 is 14.8 Å². The number of nitrogens with zero attached hydrogens (tertiary/aromatic N) is 1. The molecule has 0 heterocycles. The van der Waals surface area contributed by atoms with Crippen molar-refractivity contribution in [2.75, 3.05) is 41.4 Å². The van der Waals surface area contributed by atoms with Crippen LogP contribution in [0.2, 0.25) is 0 Å². The van der Waals surface area contributed by atoms with Crippen LogP contribution in [0, 0.1) is 6.92 Å². The van der Waals surface area contributed by atoms with Crippen LogP contribution in [0.3, 0.4) is 0 Å². The molecule has 0 aliphatic rings. The molecule has 5 nitrogen and oxygen atoms in total. The largest absolute Gasteiger partial charge is 0.493 e. The van der Waals surface area contributed by atoms with Crippen molar-refractivity contribution in [2.24, 2.45) is 0 Å². The molecule has 0 aromatic heterocycles. The van der Waals surface area contributed by atoms with Gasteiger partial charge in [0.2, 0.25) is 0 Å². The lowest BCUT2D eigenvalue weighted by atomic mass is 10.1. The van der Waals surface area contributed by atoms with E-state index in [9.17, 15) is 5.11 Å². The number of hydrogen-bond acceptors (Lipinski definition) is 5. The zero-order valence-electron chi connectivity index (χ0n) is 14.0. The summed E-state index contributed by atoms with van der Waals surface area (Å²) in [6.45, 7) is 5.69. The van der Waals surface area contributed by atoms with E-state index in [1.54, 1.807) is 14.2 Å². The van der Waals surface area contributed by atoms with Gasteiger partial charge in [0.25, 0.3) is 0 Å². The number of rotatable bonds is 8. The Labute approximate surface area is 127 Å². The number of nitrogens with one attached hydrogen (secondary N) is 1. The molecule has 1 aromatic rings. The zero-order valence-corrected chi connectivity index (χ0v) is 14.0. The SMILES string of the molecule is COc1cc(C)c(CNCC(C)(O)CN(C)C)cc1OC. The first-order valence-electron chi connectivity index (χ1n) is 7.08. The minimum atomic E-state index is -0.756. The predicted molar refractivity (Wildman–Crippen MR) is 85.2 cm³/mol. The number of ether oxygens (including phenoxy) is 2. The van der Waals surface area contributed by atoms with E-state index in [1.807, 2.05) is 45.0 Å². The summed E-state index contributed by atoms with van der Waals surface area (Å²) in [5, 5.41) is 13.6. The third-order valence-corrected chi connectivity index (χ3v) is 3.32. The Morgan fingerprint density at radius 2 is 1.76 bits per heavy atom. The van der Waals surface area contributed by atoms with Crippen LogP contribution in [0.15, 0.2) is 12.1 Å². The summed E-state index contributed by atoms with van der Waals surface area (Å²) < 4.78 is 10.6. The lowest BCUT2D eigenvalue weighted by Crippen LogP contribution is -2.45. The van der Waals surface area contributed by atoms with E-state index in [2.05, 4.69) is 5.32 Å². The monoisotopic (exact) mass is 296 g/mol. The number of aliphatic hydroxyl groups is 1. The Morgan fingerprint density at radius 3 is 2.29 bits per heavy atom. The molecule has 0 amide bonds. The van der Waals surface area contributed by atoms with E-state index in [4.69, 9.17) is 9.47 Å². The number of methoxy groups -OCH3 is 2. The van der Waals surface area contributed by atoms with E-state index < -0.39 is 5.60 Å². The van der Waals surface area contributed by atoms with E-state index >= 15 is 0 Å². The third-order valence-electron chi connectivity index (χ3n) is 3.32. The molecule has 1 aromatic carbocycles. The van der Waals surface area contributed by atoms with Crippen molar-refractivity contribution in [1.29, 1.82) is 0 Å². The molecule has 0 aliphatic carbocycles. The maximum absolute atomic E-state index is 10.3. The van der Waals surface area contributed by atoms with Crippen molar-refractivity contribution in [1.82, 2.24) is 10.2 Å². The topological polar surface area (TPSA) is 54.0 Å². The Balaban J connectivity index is 2.67. The van der Waals surface area contributed by atoms with Crippen LogP contribution in [-0.4, -0.2) is 57.0 Å².